The Morgan fingerprint density at radius 2 is 1.80 bits per heavy atom. The highest BCUT2D eigenvalue weighted by Gasteiger charge is 2.25. The van der Waals surface area contributed by atoms with Crippen LogP contribution in [0.1, 0.15) is 28.8 Å². The van der Waals surface area contributed by atoms with E-state index in [0.717, 1.165) is 49.6 Å². The Morgan fingerprint density at radius 1 is 1.10 bits per heavy atom. The normalized spacial score (nSPS) is 15.0. The van der Waals surface area contributed by atoms with Crippen LogP contribution in [-0.4, -0.2) is 63.2 Å². The van der Waals surface area contributed by atoms with E-state index in [2.05, 4.69) is 34.2 Å². The molecule has 0 aliphatic carbocycles. The van der Waals surface area contributed by atoms with Gasteiger partial charge in [-0.2, -0.15) is 5.10 Å². The maximum Gasteiger partial charge on any atom is 0.253 e. The summed E-state index contributed by atoms with van der Waals surface area (Å²) in [4.78, 5) is 21.2. The van der Waals surface area contributed by atoms with Gasteiger partial charge in [-0.15, -0.1) is 0 Å². The van der Waals surface area contributed by atoms with E-state index < -0.39 is 0 Å². The van der Waals surface area contributed by atoms with Crippen molar-refractivity contribution in [3.8, 4) is 5.69 Å². The molecular weight excluding hydrogens is 398 g/mol. The van der Waals surface area contributed by atoms with E-state index in [1.165, 1.54) is 11.9 Å². The Kier molecular flexibility index (Phi) is 6.45. The summed E-state index contributed by atoms with van der Waals surface area (Å²) >= 11 is 5.96. The SMILES string of the molecule is CN(CCc1ccc(Cl)cc1)C1CCN(C(=O)c2ccc(-n3cncn3)cc2)CC1. The Morgan fingerprint density at radius 3 is 2.43 bits per heavy atom. The molecule has 30 heavy (non-hydrogen) atoms. The molecule has 0 atom stereocenters. The van der Waals surface area contributed by atoms with Gasteiger partial charge in [-0.05, 0) is 68.3 Å². The van der Waals surface area contributed by atoms with Crippen molar-refractivity contribution >= 4 is 17.5 Å². The first-order valence-corrected chi connectivity index (χ1v) is 10.7. The summed E-state index contributed by atoms with van der Waals surface area (Å²) in [6.45, 7) is 2.59. The van der Waals surface area contributed by atoms with Crippen LogP contribution in [-0.2, 0) is 6.42 Å². The maximum atomic E-state index is 12.9. The molecule has 1 saturated heterocycles. The van der Waals surface area contributed by atoms with Crippen molar-refractivity contribution in [1.29, 1.82) is 0 Å². The van der Waals surface area contributed by atoms with Gasteiger partial charge in [0.1, 0.15) is 12.7 Å². The number of halogens is 1. The lowest BCUT2D eigenvalue weighted by atomic mass is 10.0. The molecule has 1 aliphatic rings. The van der Waals surface area contributed by atoms with Crippen molar-refractivity contribution in [2.45, 2.75) is 25.3 Å². The van der Waals surface area contributed by atoms with Gasteiger partial charge >= 0.3 is 0 Å². The van der Waals surface area contributed by atoms with Gasteiger partial charge in [0.05, 0.1) is 5.69 Å². The third-order valence-electron chi connectivity index (χ3n) is 5.84. The molecule has 1 fully saturated rings. The number of likely N-dealkylation sites (tertiary alicyclic amines) is 1. The molecule has 0 spiro atoms. The van der Waals surface area contributed by atoms with E-state index in [9.17, 15) is 4.79 Å². The van der Waals surface area contributed by atoms with Crippen molar-refractivity contribution in [3.05, 3.63) is 77.3 Å². The Labute approximate surface area is 182 Å². The molecule has 0 unspecified atom stereocenters. The van der Waals surface area contributed by atoms with Gasteiger partial charge in [0, 0.05) is 36.3 Å². The molecule has 0 radical (unpaired) electrons. The van der Waals surface area contributed by atoms with Crippen LogP contribution in [0.15, 0.2) is 61.2 Å². The number of aromatic nitrogens is 3. The minimum absolute atomic E-state index is 0.0995. The number of amides is 1. The largest absolute Gasteiger partial charge is 0.339 e. The number of rotatable bonds is 6. The van der Waals surface area contributed by atoms with Crippen molar-refractivity contribution in [2.75, 3.05) is 26.7 Å². The second-order valence-electron chi connectivity index (χ2n) is 7.77. The maximum absolute atomic E-state index is 12.9. The first kappa shape index (κ1) is 20.6. The van der Waals surface area contributed by atoms with E-state index in [1.54, 1.807) is 11.0 Å². The van der Waals surface area contributed by atoms with Gasteiger partial charge in [0.25, 0.3) is 5.91 Å². The standard InChI is InChI=1S/C23H26ClN5O/c1-27(13-10-18-2-6-20(24)7-3-18)21-11-14-28(15-12-21)23(30)19-4-8-22(9-5-19)29-17-25-16-26-29/h2-9,16-17,21H,10-15H2,1H3. The Balaban J connectivity index is 1.27. The van der Waals surface area contributed by atoms with Crippen LogP contribution in [0.3, 0.4) is 0 Å². The summed E-state index contributed by atoms with van der Waals surface area (Å²) in [5.41, 5.74) is 2.91. The molecule has 1 aliphatic heterocycles. The Bertz CT molecular complexity index is 948. The fraction of sp³-hybridized carbons (Fsp3) is 0.348. The molecule has 0 N–H and O–H groups in total. The first-order valence-electron chi connectivity index (χ1n) is 10.3. The average molecular weight is 424 g/mol. The van der Waals surface area contributed by atoms with Gasteiger partial charge < -0.3 is 9.80 Å². The van der Waals surface area contributed by atoms with E-state index in [-0.39, 0.29) is 5.91 Å². The van der Waals surface area contributed by atoms with E-state index in [1.807, 2.05) is 41.3 Å². The van der Waals surface area contributed by atoms with Crippen LogP contribution in [0.25, 0.3) is 5.69 Å². The van der Waals surface area contributed by atoms with Gasteiger partial charge in [0.2, 0.25) is 0 Å². The van der Waals surface area contributed by atoms with Crippen molar-refractivity contribution in [1.82, 2.24) is 24.6 Å². The lowest BCUT2D eigenvalue weighted by Crippen LogP contribution is -2.46. The van der Waals surface area contributed by atoms with Crippen LogP contribution in [0, 0.1) is 0 Å². The number of piperidine rings is 1. The Hall–Kier alpha value is -2.70. The van der Waals surface area contributed by atoms with E-state index in [4.69, 9.17) is 11.6 Å². The zero-order valence-corrected chi connectivity index (χ0v) is 17.9. The molecule has 2 heterocycles. The highest BCUT2D eigenvalue weighted by Crippen LogP contribution is 2.19. The van der Waals surface area contributed by atoms with Gasteiger partial charge in [-0.1, -0.05) is 23.7 Å². The fourth-order valence-corrected chi connectivity index (χ4v) is 4.06. The van der Waals surface area contributed by atoms with E-state index in [0.29, 0.717) is 11.6 Å². The first-order chi connectivity index (χ1) is 14.6. The van der Waals surface area contributed by atoms with Crippen molar-refractivity contribution in [3.63, 3.8) is 0 Å². The summed E-state index contributed by atoms with van der Waals surface area (Å²) in [5.74, 6) is 0.0995. The minimum Gasteiger partial charge on any atom is -0.339 e. The number of benzene rings is 2. The highest BCUT2D eigenvalue weighted by molar-refractivity contribution is 6.30. The number of hydrogen-bond donors (Lipinski definition) is 0. The van der Waals surface area contributed by atoms with E-state index >= 15 is 0 Å². The zero-order valence-electron chi connectivity index (χ0n) is 17.1. The zero-order chi connectivity index (χ0) is 20.9. The van der Waals surface area contributed by atoms with Crippen LogP contribution in [0.5, 0.6) is 0 Å². The number of hydrogen-bond acceptors (Lipinski definition) is 4. The lowest BCUT2D eigenvalue weighted by Gasteiger charge is -2.37. The molecule has 7 heteroatoms. The summed E-state index contributed by atoms with van der Waals surface area (Å²) in [5, 5.41) is 4.89. The second-order valence-corrected chi connectivity index (χ2v) is 8.20. The molecule has 4 rings (SSSR count). The summed E-state index contributed by atoms with van der Waals surface area (Å²) < 4.78 is 1.68. The van der Waals surface area contributed by atoms with Crippen LogP contribution in [0.4, 0.5) is 0 Å². The second kappa shape index (κ2) is 9.41. The highest BCUT2D eigenvalue weighted by atomic mass is 35.5. The summed E-state index contributed by atoms with van der Waals surface area (Å²) in [7, 11) is 2.18. The topological polar surface area (TPSA) is 54.3 Å². The van der Waals surface area contributed by atoms with Crippen LogP contribution in [0.2, 0.25) is 5.02 Å². The predicted molar refractivity (Wildman–Crippen MR) is 118 cm³/mol. The molecule has 1 aromatic heterocycles. The third-order valence-corrected chi connectivity index (χ3v) is 6.09. The molecular formula is C23H26ClN5O. The monoisotopic (exact) mass is 423 g/mol. The number of nitrogens with zero attached hydrogens (tertiary/aromatic N) is 5. The summed E-state index contributed by atoms with van der Waals surface area (Å²) in [6.07, 6.45) is 6.14. The molecule has 1 amide bonds. The van der Waals surface area contributed by atoms with Crippen LogP contribution >= 0.6 is 11.6 Å². The molecule has 3 aromatic rings. The smallest absolute Gasteiger partial charge is 0.253 e. The van der Waals surface area contributed by atoms with Crippen molar-refractivity contribution in [2.24, 2.45) is 0 Å². The van der Waals surface area contributed by atoms with Gasteiger partial charge in [-0.3, -0.25) is 4.79 Å². The third kappa shape index (κ3) is 4.89. The summed E-state index contributed by atoms with van der Waals surface area (Å²) in [6, 6.07) is 16.1. The molecule has 0 bridgehead atoms. The molecule has 6 nitrogen and oxygen atoms in total. The van der Waals surface area contributed by atoms with Crippen LogP contribution < -0.4 is 0 Å². The molecule has 0 saturated carbocycles. The predicted octanol–water partition coefficient (Wildman–Crippen LogP) is 3.70. The number of carbonyl (C=O) groups is 1. The number of carbonyl (C=O) groups excluding carboxylic acids is 1. The average Bonchev–Trinajstić information content (AvgIpc) is 3.33. The molecule has 156 valence electrons. The lowest BCUT2D eigenvalue weighted by molar-refractivity contribution is 0.0647. The minimum atomic E-state index is 0.0995. The number of likely N-dealkylation sites (N-methyl/N-ethyl adjacent to an activating group) is 1. The molecule has 2 aromatic carbocycles. The fourth-order valence-electron chi connectivity index (χ4n) is 3.93. The quantitative estimate of drug-likeness (QED) is 0.606. The van der Waals surface area contributed by atoms with Gasteiger partial charge in [0.15, 0.2) is 0 Å². The van der Waals surface area contributed by atoms with Crippen molar-refractivity contribution < 1.29 is 4.79 Å². The van der Waals surface area contributed by atoms with Gasteiger partial charge in [-0.25, -0.2) is 9.67 Å².